The first-order valence-electron chi connectivity index (χ1n) is 7.23. The lowest BCUT2D eigenvalue weighted by Crippen LogP contribution is -2.44. The number of benzene rings is 1. The molecule has 23 heavy (non-hydrogen) atoms. The molecule has 0 aromatic heterocycles. The highest BCUT2D eigenvalue weighted by atomic mass is 16.5. The van der Waals surface area contributed by atoms with E-state index in [2.05, 4.69) is 10.6 Å². The number of anilines is 1. The standard InChI is InChI=1S/C15H16N2O6/c1-7-13(18)16-9-4-2-3-8(11(9)23-7)14(19)17-10-5-6-22-12(10)15(20)21/h2-4,7,10,12H,5-6H2,1H3,(H,16,18)(H,17,19)(H,20,21)/t7?,10-,12+/m1/s1. The molecule has 0 aliphatic carbocycles. The van der Waals surface area contributed by atoms with Gasteiger partial charge in [0.2, 0.25) is 0 Å². The number of ether oxygens (including phenoxy) is 2. The minimum absolute atomic E-state index is 0.241. The van der Waals surface area contributed by atoms with E-state index >= 15 is 0 Å². The smallest absolute Gasteiger partial charge is 0.334 e. The van der Waals surface area contributed by atoms with E-state index < -0.39 is 30.1 Å². The van der Waals surface area contributed by atoms with Crippen LogP contribution < -0.4 is 15.4 Å². The van der Waals surface area contributed by atoms with Gasteiger partial charge in [0.05, 0.1) is 17.3 Å². The second-order valence-corrected chi connectivity index (χ2v) is 5.43. The molecule has 1 aromatic carbocycles. The van der Waals surface area contributed by atoms with E-state index in [1.807, 2.05) is 0 Å². The van der Waals surface area contributed by atoms with Crippen LogP contribution in [0.2, 0.25) is 0 Å². The van der Waals surface area contributed by atoms with Crippen molar-refractivity contribution in [3.05, 3.63) is 23.8 Å². The number of aliphatic carboxylic acids is 1. The Morgan fingerprint density at radius 3 is 2.91 bits per heavy atom. The Hall–Kier alpha value is -2.61. The van der Waals surface area contributed by atoms with Crippen LogP contribution in [-0.2, 0) is 14.3 Å². The van der Waals surface area contributed by atoms with Gasteiger partial charge in [-0.25, -0.2) is 4.79 Å². The van der Waals surface area contributed by atoms with Gasteiger partial charge >= 0.3 is 5.97 Å². The fourth-order valence-electron chi connectivity index (χ4n) is 2.63. The van der Waals surface area contributed by atoms with Crippen LogP contribution >= 0.6 is 0 Å². The predicted molar refractivity (Wildman–Crippen MR) is 78.4 cm³/mol. The molecule has 0 bridgehead atoms. The largest absolute Gasteiger partial charge is 0.479 e. The molecule has 8 nitrogen and oxygen atoms in total. The van der Waals surface area contributed by atoms with Crippen LogP contribution in [0.4, 0.5) is 5.69 Å². The van der Waals surface area contributed by atoms with Crippen molar-refractivity contribution in [3.8, 4) is 5.75 Å². The summed E-state index contributed by atoms with van der Waals surface area (Å²) in [6, 6.07) is 4.21. The highest BCUT2D eigenvalue weighted by Crippen LogP contribution is 2.33. The summed E-state index contributed by atoms with van der Waals surface area (Å²) in [4.78, 5) is 35.2. The minimum atomic E-state index is -1.11. The van der Waals surface area contributed by atoms with E-state index in [1.54, 1.807) is 25.1 Å². The summed E-state index contributed by atoms with van der Waals surface area (Å²) in [5.41, 5.74) is 0.656. The molecule has 1 fully saturated rings. The van der Waals surface area contributed by atoms with E-state index in [0.29, 0.717) is 12.1 Å². The quantitative estimate of drug-likeness (QED) is 0.742. The molecule has 2 aliphatic heterocycles. The number of amides is 2. The number of fused-ring (bicyclic) bond motifs is 1. The molecular formula is C15H16N2O6. The van der Waals surface area contributed by atoms with Gasteiger partial charge < -0.3 is 25.2 Å². The van der Waals surface area contributed by atoms with E-state index in [0.717, 1.165) is 0 Å². The van der Waals surface area contributed by atoms with E-state index in [-0.39, 0.29) is 23.8 Å². The van der Waals surface area contributed by atoms with Crippen molar-refractivity contribution in [1.82, 2.24) is 5.32 Å². The Balaban J connectivity index is 1.82. The van der Waals surface area contributed by atoms with Crippen LogP contribution in [0.15, 0.2) is 18.2 Å². The normalized spacial score (nSPS) is 26.0. The van der Waals surface area contributed by atoms with Gasteiger partial charge in [0, 0.05) is 6.61 Å². The average molecular weight is 320 g/mol. The Bertz CT molecular complexity index is 674. The van der Waals surface area contributed by atoms with Crippen LogP contribution in [0.1, 0.15) is 23.7 Å². The molecule has 3 rings (SSSR count). The van der Waals surface area contributed by atoms with E-state index in [9.17, 15) is 14.4 Å². The number of hydrogen-bond donors (Lipinski definition) is 3. The fraction of sp³-hybridized carbons (Fsp3) is 0.400. The highest BCUT2D eigenvalue weighted by molar-refractivity contribution is 6.04. The summed E-state index contributed by atoms with van der Waals surface area (Å²) in [6.07, 6.45) is -1.35. The molecule has 2 heterocycles. The Morgan fingerprint density at radius 1 is 1.39 bits per heavy atom. The monoisotopic (exact) mass is 320 g/mol. The zero-order valence-corrected chi connectivity index (χ0v) is 12.4. The van der Waals surface area contributed by atoms with Gasteiger partial charge in [-0.05, 0) is 25.5 Å². The molecule has 1 unspecified atom stereocenters. The van der Waals surface area contributed by atoms with Gasteiger partial charge in [-0.1, -0.05) is 6.07 Å². The van der Waals surface area contributed by atoms with Gasteiger partial charge in [0.15, 0.2) is 18.0 Å². The summed E-state index contributed by atoms with van der Waals surface area (Å²) < 4.78 is 10.6. The molecule has 3 N–H and O–H groups in total. The Morgan fingerprint density at radius 2 is 2.17 bits per heavy atom. The van der Waals surface area contributed by atoms with Crippen molar-refractivity contribution < 1.29 is 29.0 Å². The van der Waals surface area contributed by atoms with Gasteiger partial charge in [-0.3, -0.25) is 9.59 Å². The maximum absolute atomic E-state index is 12.5. The number of carboxylic acid groups (broad SMARTS) is 1. The number of nitrogens with one attached hydrogen (secondary N) is 2. The number of carbonyl (C=O) groups excluding carboxylic acids is 2. The third kappa shape index (κ3) is 2.85. The molecule has 0 spiro atoms. The van der Waals surface area contributed by atoms with Gasteiger partial charge in [-0.15, -0.1) is 0 Å². The average Bonchev–Trinajstić information content (AvgIpc) is 2.96. The molecule has 2 aliphatic rings. The third-order valence-electron chi connectivity index (χ3n) is 3.83. The molecule has 122 valence electrons. The molecule has 0 radical (unpaired) electrons. The molecule has 2 amide bonds. The van der Waals surface area contributed by atoms with Crippen LogP contribution in [0.3, 0.4) is 0 Å². The first kappa shape index (κ1) is 15.3. The fourth-order valence-corrected chi connectivity index (χ4v) is 2.63. The maximum atomic E-state index is 12.5. The summed E-state index contributed by atoms with van der Waals surface area (Å²) in [6.45, 7) is 1.86. The number of rotatable bonds is 3. The van der Waals surface area contributed by atoms with Gasteiger partial charge in [-0.2, -0.15) is 0 Å². The number of carboxylic acids is 1. The SMILES string of the molecule is CC1Oc2c(cccc2C(=O)N[C@@H]2CCO[C@@H]2C(=O)O)NC1=O. The lowest BCUT2D eigenvalue weighted by Gasteiger charge is -2.25. The predicted octanol–water partition coefficient (Wildman–Crippen LogP) is 0.378. The van der Waals surface area contributed by atoms with Crippen LogP contribution in [0.5, 0.6) is 5.75 Å². The molecule has 1 saturated heterocycles. The van der Waals surface area contributed by atoms with Gasteiger partial charge in [0.1, 0.15) is 0 Å². The number of hydrogen-bond acceptors (Lipinski definition) is 5. The first-order chi connectivity index (χ1) is 11.0. The Labute approximate surface area is 131 Å². The lowest BCUT2D eigenvalue weighted by atomic mass is 10.1. The first-order valence-corrected chi connectivity index (χ1v) is 7.23. The summed E-state index contributed by atoms with van der Waals surface area (Å²) in [5.74, 6) is -1.58. The van der Waals surface area contributed by atoms with Crippen molar-refractivity contribution in [3.63, 3.8) is 0 Å². The Kier molecular flexibility index (Phi) is 3.91. The number of para-hydroxylation sites is 1. The lowest BCUT2D eigenvalue weighted by molar-refractivity contribution is -0.148. The summed E-state index contributed by atoms with van der Waals surface area (Å²) >= 11 is 0. The van der Waals surface area contributed by atoms with Crippen LogP contribution in [-0.4, -0.2) is 47.7 Å². The van der Waals surface area contributed by atoms with Crippen LogP contribution in [0, 0.1) is 0 Å². The summed E-state index contributed by atoms with van der Waals surface area (Å²) in [5, 5.41) is 14.4. The second kappa shape index (κ2) is 5.88. The zero-order valence-electron chi connectivity index (χ0n) is 12.4. The molecule has 1 aromatic rings. The van der Waals surface area contributed by atoms with Gasteiger partial charge in [0.25, 0.3) is 11.8 Å². The number of carbonyl (C=O) groups is 3. The minimum Gasteiger partial charge on any atom is -0.479 e. The molecule has 3 atom stereocenters. The summed E-state index contributed by atoms with van der Waals surface area (Å²) in [7, 11) is 0. The third-order valence-corrected chi connectivity index (χ3v) is 3.83. The molecular weight excluding hydrogens is 304 g/mol. The van der Waals surface area contributed by atoms with Crippen molar-refractivity contribution in [2.45, 2.75) is 31.6 Å². The van der Waals surface area contributed by atoms with E-state index in [1.165, 1.54) is 0 Å². The highest BCUT2D eigenvalue weighted by Gasteiger charge is 2.36. The molecule has 0 saturated carbocycles. The molecule has 8 heteroatoms. The topological polar surface area (TPSA) is 114 Å². The van der Waals surface area contributed by atoms with Crippen LogP contribution in [0.25, 0.3) is 0 Å². The van der Waals surface area contributed by atoms with Crippen molar-refractivity contribution in [1.29, 1.82) is 0 Å². The van der Waals surface area contributed by atoms with E-state index in [4.69, 9.17) is 14.6 Å². The second-order valence-electron chi connectivity index (χ2n) is 5.43. The van der Waals surface area contributed by atoms with Crippen molar-refractivity contribution in [2.75, 3.05) is 11.9 Å². The maximum Gasteiger partial charge on any atom is 0.334 e. The van der Waals surface area contributed by atoms with Crippen molar-refractivity contribution in [2.24, 2.45) is 0 Å². The zero-order chi connectivity index (χ0) is 16.6. The van der Waals surface area contributed by atoms with Crippen molar-refractivity contribution >= 4 is 23.5 Å².